The molecule has 1 fully saturated rings. The largest absolute Gasteiger partial charge is 0.337 e. The summed E-state index contributed by atoms with van der Waals surface area (Å²) in [6.45, 7) is 1.95. The van der Waals surface area contributed by atoms with Gasteiger partial charge in [0, 0.05) is 23.9 Å². The first-order chi connectivity index (χ1) is 13.8. The van der Waals surface area contributed by atoms with E-state index in [1.807, 2.05) is 0 Å². The van der Waals surface area contributed by atoms with E-state index in [1.54, 1.807) is 41.3 Å². The normalized spacial score (nSPS) is 21.7. The smallest absolute Gasteiger partial charge is 0.239 e. The number of ketones is 1. The zero-order chi connectivity index (χ0) is 21.1. The molecule has 2 N–H and O–H groups in total. The molecule has 1 heterocycles. The second kappa shape index (κ2) is 9.15. The number of carbonyl (C=O) groups excluding carboxylic acids is 2. The number of piperidine rings is 1. The summed E-state index contributed by atoms with van der Waals surface area (Å²) in [5, 5.41) is -0.950. The van der Waals surface area contributed by atoms with E-state index < -0.39 is 33.8 Å². The molecule has 4 unspecified atom stereocenters. The minimum atomic E-state index is -1.66. The number of rotatable bonds is 6. The minimum Gasteiger partial charge on any atom is -0.337 e. The molecule has 2 aromatic rings. The van der Waals surface area contributed by atoms with Crippen LogP contribution in [0.1, 0.15) is 18.9 Å². The lowest BCUT2D eigenvalue weighted by atomic mass is 9.87. The van der Waals surface area contributed by atoms with Crippen LogP contribution in [0.3, 0.4) is 0 Å². The van der Waals surface area contributed by atoms with Crippen molar-refractivity contribution in [2.45, 2.75) is 36.1 Å². The molecule has 3 rings (SSSR count). The highest BCUT2D eigenvalue weighted by Crippen LogP contribution is 2.30. The molecule has 0 saturated carbocycles. The van der Waals surface area contributed by atoms with E-state index in [-0.39, 0.29) is 23.3 Å². The predicted octanol–water partition coefficient (Wildman–Crippen LogP) is 2.92. The van der Waals surface area contributed by atoms with Crippen molar-refractivity contribution in [3.63, 3.8) is 0 Å². The summed E-state index contributed by atoms with van der Waals surface area (Å²) in [7, 11) is -1.66. The van der Waals surface area contributed by atoms with Gasteiger partial charge in [0.2, 0.25) is 5.91 Å². The first kappa shape index (κ1) is 21.6. The van der Waals surface area contributed by atoms with Crippen LogP contribution in [-0.4, -0.2) is 38.6 Å². The summed E-state index contributed by atoms with van der Waals surface area (Å²) in [5.41, 5.74) is 6.75. The molecular weight excluding hydrogens is 415 g/mol. The monoisotopic (exact) mass is 436 g/mol. The number of benzene rings is 2. The number of hydrogen-bond donors (Lipinski definition) is 1. The van der Waals surface area contributed by atoms with Gasteiger partial charge in [-0.05, 0) is 43.2 Å². The average Bonchev–Trinajstić information content (AvgIpc) is 2.71. The highest BCUT2D eigenvalue weighted by atomic mass is 35.5. The van der Waals surface area contributed by atoms with E-state index in [2.05, 4.69) is 0 Å². The third-order valence-electron chi connectivity index (χ3n) is 5.17. The van der Waals surface area contributed by atoms with Gasteiger partial charge in [-0.1, -0.05) is 35.9 Å². The number of hydrogen-bond acceptors (Lipinski definition) is 4. The number of halogens is 2. The van der Waals surface area contributed by atoms with Crippen molar-refractivity contribution in [3.05, 3.63) is 64.9 Å². The second-order valence-corrected chi connectivity index (χ2v) is 9.11. The highest BCUT2D eigenvalue weighted by Gasteiger charge is 2.44. The molecule has 2 aromatic carbocycles. The van der Waals surface area contributed by atoms with Crippen molar-refractivity contribution < 1.29 is 18.2 Å². The third-order valence-corrected chi connectivity index (χ3v) is 7.21. The fourth-order valence-corrected chi connectivity index (χ4v) is 5.44. The van der Waals surface area contributed by atoms with Crippen molar-refractivity contribution in [1.82, 2.24) is 4.90 Å². The molecular formula is C21H22ClFN2O3S. The molecule has 29 heavy (non-hydrogen) atoms. The number of nitrogens with zero attached hydrogens (tertiary/aromatic N) is 1. The maximum atomic E-state index is 13.4. The molecule has 1 aliphatic rings. The van der Waals surface area contributed by atoms with Crippen LogP contribution in [0.2, 0.25) is 5.02 Å². The third kappa shape index (κ3) is 4.74. The number of nitrogens with two attached hydrogens (primary N) is 1. The lowest BCUT2D eigenvalue weighted by Gasteiger charge is -2.39. The Balaban J connectivity index is 1.90. The van der Waals surface area contributed by atoms with Gasteiger partial charge < -0.3 is 10.6 Å². The maximum Gasteiger partial charge on any atom is 0.239 e. The SMILES string of the molecule is CC(=O)C(N)C1CCN(Cc2ccc(F)c(Cl)c2)C(=O)C1S(=O)c1ccccc1. The lowest BCUT2D eigenvalue weighted by molar-refractivity contribution is -0.135. The average molecular weight is 437 g/mol. The van der Waals surface area contributed by atoms with Crippen LogP contribution in [0.15, 0.2) is 53.4 Å². The molecule has 1 amide bonds. The summed E-state index contributed by atoms with van der Waals surface area (Å²) in [4.78, 5) is 27.3. The first-order valence-corrected chi connectivity index (χ1v) is 10.8. The van der Waals surface area contributed by atoms with Crippen LogP contribution in [-0.2, 0) is 26.9 Å². The minimum absolute atomic E-state index is 0.0205. The first-order valence-electron chi connectivity index (χ1n) is 9.24. The topological polar surface area (TPSA) is 80.5 Å². The molecule has 5 nitrogen and oxygen atoms in total. The Bertz CT molecular complexity index is 941. The summed E-state index contributed by atoms with van der Waals surface area (Å²) in [5.74, 6) is -1.62. The summed E-state index contributed by atoms with van der Waals surface area (Å²) in [6.07, 6.45) is 0.449. The number of Topliss-reactive ketones (excluding diaryl/α,β-unsaturated/α-hetero) is 1. The van der Waals surface area contributed by atoms with E-state index in [0.717, 1.165) is 0 Å². The maximum absolute atomic E-state index is 13.4. The summed E-state index contributed by atoms with van der Waals surface area (Å²) >= 11 is 5.85. The zero-order valence-electron chi connectivity index (χ0n) is 15.9. The van der Waals surface area contributed by atoms with Gasteiger partial charge in [0.25, 0.3) is 0 Å². The molecule has 4 atom stereocenters. The van der Waals surface area contributed by atoms with Crippen LogP contribution in [0.5, 0.6) is 0 Å². The number of carbonyl (C=O) groups is 2. The second-order valence-electron chi connectivity index (χ2n) is 7.13. The lowest BCUT2D eigenvalue weighted by Crippen LogP contribution is -2.56. The van der Waals surface area contributed by atoms with Gasteiger partial charge in [-0.2, -0.15) is 0 Å². The van der Waals surface area contributed by atoms with Crippen LogP contribution in [0.4, 0.5) is 4.39 Å². The van der Waals surface area contributed by atoms with Gasteiger partial charge in [0.05, 0.1) is 21.9 Å². The molecule has 0 aromatic heterocycles. The fourth-order valence-electron chi connectivity index (χ4n) is 3.57. The summed E-state index contributed by atoms with van der Waals surface area (Å²) < 4.78 is 26.7. The van der Waals surface area contributed by atoms with Crippen LogP contribution in [0.25, 0.3) is 0 Å². The van der Waals surface area contributed by atoms with Gasteiger partial charge in [-0.3, -0.25) is 13.8 Å². The standard InChI is InChI=1S/C21H22ClFN2O3S/c1-13(26)19(24)16-9-10-25(12-14-7-8-18(23)17(22)11-14)21(27)20(16)29(28)15-5-3-2-4-6-15/h2-8,11,16,19-20H,9-10,12,24H2,1H3. The van der Waals surface area contributed by atoms with Gasteiger partial charge in [0.15, 0.2) is 0 Å². The van der Waals surface area contributed by atoms with E-state index in [0.29, 0.717) is 23.4 Å². The van der Waals surface area contributed by atoms with Gasteiger partial charge in [-0.25, -0.2) is 4.39 Å². The molecule has 1 saturated heterocycles. The van der Waals surface area contributed by atoms with E-state index in [9.17, 15) is 18.2 Å². The Hall–Kier alpha value is -2.09. The van der Waals surface area contributed by atoms with Gasteiger partial charge in [-0.15, -0.1) is 0 Å². The number of likely N-dealkylation sites (tertiary alicyclic amines) is 1. The highest BCUT2D eigenvalue weighted by molar-refractivity contribution is 7.86. The fraction of sp³-hybridized carbons (Fsp3) is 0.333. The predicted molar refractivity (Wildman–Crippen MR) is 110 cm³/mol. The van der Waals surface area contributed by atoms with Crippen molar-refractivity contribution in [2.75, 3.05) is 6.54 Å². The van der Waals surface area contributed by atoms with Gasteiger partial charge in [0.1, 0.15) is 16.9 Å². The van der Waals surface area contributed by atoms with Crippen molar-refractivity contribution in [2.24, 2.45) is 11.7 Å². The van der Waals surface area contributed by atoms with E-state index in [1.165, 1.54) is 19.1 Å². The molecule has 1 aliphatic heterocycles. The Morgan fingerprint density at radius 3 is 2.62 bits per heavy atom. The van der Waals surface area contributed by atoms with E-state index in [4.69, 9.17) is 17.3 Å². The van der Waals surface area contributed by atoms with Crippen molar-refractivity contribution in [1.29, 1.82) is 0 Å². The van der Waals surface area contributed by atoms with Crippen LogP contribution in [0, 0.1) is 11.7 Å². The Labute approximate surface area is 176 Å². The Kier molecular flexibility index (Phi) is 6.82. The number of amides is 1. The van der Waals surface area contributed by atoms with Crippen LogP contribution < -0.4 is 5.73 Å². The van der Waals surface area contributed by atoms with Gasteiger partial charge >= 0.3 is 0 Å². The molecule has 154 valence electrons. The zero-order valence-corrected chi connectivity index (χ0v) is 17.5. The molecule has 0 bridgehead atoms. The molecule has 0 aliphatic carbocycles. The molecule has 0 radical (unpaired) electrons. The summed E-state index contributed by atoms with van der Waals surface area (Å²) in [6, 6.07) is 12.1. The molecule has 8 heteroatoms. The van der Waals surface area contributed by atoms with Crippen LogP contribution >= 0.6 is 11.6 Å². The van der Waals surface area contributed by atoms with Crippen molar-refractivity contribution >= 4 is 34.1 Å². The molecule has 0 spiro atoms. The quantitative estimate of drug-likeness (QED) is 0.755. The van der Waals surface area contributed by atoms with Crippen molar-refractivity contribution in [3.8, 4) is 0 Å². The Morgan fingerprint density at radius 1 is 1.31 bits per heavy atom. The van der Waals surface area contributed by atoms with E-state index >= 15 is 0 Å². The Morgan fingerprint density at radius 2 is 2.00 bits per heavy atom.